The van der Waals surface area contributed by atoms with Crippen LogP contribution in [0.25, 0.3) is 0 Å². The van der Waals surface area contributed by atoms with Gasteiger partial charge in [0.25, 0.3) is 0 Å². The molecule has 2 saturated carbocycles. The molecule has 2 aliphatic carbocycles. The van der Waals surface area contributed by atoms with Gasteiger partial charge in [0.1, 0.15) is 0 Å². The van der Waals surface area contributed by atoms with Crippen LogP contribution < -0.4 is 5.73 Å². The Balaban J connectivity index is 1.75. The molecule has 0 aromatic rings. The van der Waals surface area contributed by atoms with Gasteiger partial charge in [-0.1, -0.05) is 6.42 Å². The Morgan fingerprint density at radius 2 is 2.17 bits per heavy atom. The molecule has 3 aliphatic rings. The molecule has 0 spiro atoms. The number of rotatable bonds is 3. The highest BCUT2D eigenvalue weighted by atomic mass is 15.3. The molecule has 104 valence electrons. The highest BCUT2D eigenvalue weighted by Crippen LogP contribution is 2.53. The van der Waals surface area contributed by atoms with Crippen LogP contribution in [0.4, 0.5) is 0 Å². The van der Waals surface area contributed by atoms with Crippen LogP contribution in [-0.4, -0.2) is 55.1 Å². The molecule has 3 nitrogen and oxygen atoms in total. The second-order valence-corrected chi connectivity index (χ2v) is 7.06. The monoisotopic (exact) mass is 251 g/mol. The average Bonchev–Trinajstić information content (AvgIpc) is 2.98. The van der Waals surface area contributed by atoms with Crippen LogP contribution in [0.5, 0.6) is 0 Å². The van der Waals surface area contributed by atoms with Crippen molar-refractivity contribution in [3.8, 4) is 0 Å². The van der Waals surface area contributed by atoms with Crippen LogP contribution in [-0.2, 0) is 0 Å². The van der Waals surface area contributed by atoms with Crippen molar-refractivity contribution in [2.75, 3.05) is 33.7 Å². The maximum atomic E-state index is 6.24. The van der Waals surface area contributed by atoms with E-state index in [-0.39, 0.29) is 0 Å². The van der Waals surface area contributed by atoms with E-state index in [1.807, 2.05) is 0 Å². The molecule has 18 heavy (non-hydrogen) atoms. The molecule has 1 saturated heterocycles. The number of fused-ring (bicyclic) bond motifs is 2. The molecule has 2 bridgehead atoms. The fraction of sp³-hybridized carbons (Fsp3) is 1.00. The van der Waals surface area contributed by atoms with Crippen molar-refractivity contribution in [1.29, 1.82) is 0 Å². The highest BCUT2D eigenvalue weighted by molar-refractivity contribution is 5.09. The van der Waals surface area contributed by atoms with Gasteiger partial charge < -0.3 is 10.6 Å². The van der Waals surface area contributed by atoms with Gasteiger partial charge in [0.05, 0.1) is 0 Å². The molecular formula is C15H29N3. The lowest BCUT2D eigenvalue weighted by molar-refractivity contribution is 0.00310. The summed E-state index contributed by atoms with van der Waals surface area (Å²) in [5.41, 5.74) is 6.58. The van der Waals surface area contributed by atoms with E-state index in [1.165, 1.54) is 51.6 Å². The molecule has 3 rings (SSSR count). The Labute approximate surface area is 112 Å². The number of nitrogens with two attached hydrogens (primary N) is 1. The second kappa shape index (κ2) is 4.77. The third-order valence-corrected chi connectivity index (χ3v) is 6.15. The summed E-state index contributed by atoms with van der Waals surface area (Å²) in [6.45, 7) is 3.37. The van der Waals surface area contributed by atoms with Crippen LogP contribution >= 0.6 is 0 Å². The van der Waals surface area contributed by atoms with Crippen LogP contribution in [0.2, 0.25) is 0 Å². The molecule has 0 amide bonds. The maximum absolute atomic E-state index is 6.24. The smallest absolute Gasteiger partial charge is 0.0362 e. The van der Waals surface area contributed by atoms with E-state index in [0.717, 1.165) is 24.4 Å². The summed E-state index contributed by atoms with van der Waals surface area (Å²) >= 11 is 0. The zero-order valence-electron chi connectivity index (χ0n) is 12.1. The summed E-state index contributed by atoms with van der Waals surface area (Å²) in [4.78, 5) is 5.19. The predicted octanol–water partition coefficient (Wildman–Crippen LogP) is 1.53. The fourth-order valence-electron chi connectivity index (χ4n) is 5.06. The number of likely N-dealkylation sites (N-methyl/N-ethyl adjacent to an activating group) is 2. The molecule has 0 radical (unpaired) electrons. The van der Waals surface area contributed by atoms with Crippen molar-refractivity contribution in [3.05, 3.63) is 0 Å². The molecule has 0 aromatic heterocycles. The van der Waals surface area contributed by atoms with Gasteiger partial charge in [-0.05, 0) is 64.6 Å². The van der Waals surface area contributed by atoms with Crippen LogP contribution in [0.1, 0.15) is 38.5 Å². The summed E-state index contributed by atoms with van der Waals surface area (Å²) in [5.74, 6) is 1.85. The lowest BCUT2D eigenvalue weighted by atomic mass is 9.78. The lowest BCUT2D eigenvalue weighted by Gasteiger charge is -2.50. The van der Waals surface area contributed by atoms with E-state index in [4.69, 9.17) is 5.73 Å². The van der Waals surface area contributed by atoms with E-state index in [0.29, 0.717) is 5.54 Å². The summed E-state index contributed by atoms with van der Waals surface area (Å²) in [6.07, 6.45) is 8.41. The van der Waals surface area contributed by atoms with Crippen LogP contribution in [0, 0.1) is 11.8 Å². The Hall–Kier alpha value is -0.120. The van der Waals surface area contributed by atoms with E-state index < -0.39 is 0 Å². The van der Waals surface area contributed by atoms with Gasteiger partial charge in [-0.15, -0.1) is 0 Å². The van der Waals surface area contributed by atoms with Gasteiger partial charge in [0, 0.05) is 24.7 Å². The van der Waals surface area contributed by atoms with Gasteiger partial charge in [-0.2, -0.15) is 0 Å². The standard InChI is InChI=1S/C15H29N3/c1-17-7-3-4-14(10-17)18(2)15(11-16)9-12-5-6-13(15)8-12/h12-14H,3-11,16H2,1-2H3. The van der Waals surface area contributed by atoms with E-state index in [2.05, 4.69) is 23.9 Å². The number of hydrogen-bond donors (Lipinski definition) is 1. The number of likely N-dealkylation sites (tertiary alicyclic amines) is 1. The Morgan fingerprint density at radius 3 is 2.72 bits per heavy atom. The summed E-state index contributed by atoms with van der Waals surface area (Å²) < 4.78 is 0. The zero-order valence-corrected chi connectivity index (χ0v) is 12.1. The molecule has 0 aromatic carbocycles. The first-order valence-corrected chi connectivity index (χ1v) is 7.77. The van der Waals surface area contributed by atoms with E-state index >= 15 is 0 Å². The largest absolute Gasteiger partial charge is 0.329 e. The van der Waals surface area contributed by atoms with E-state index in [1.54, 1.807) is 0 Å². The topological polar surface area (TPSA) is 32.5 Å². The van der Waals surface area contributed by atoms with Crippen LogP contribution in [0.15, 0.2) is 0 Å². The zero-order chi connectivity index (χ0) is 12.8. The van der Waals surface area contributed by atoms with Crippen molar-refractivity contribution in [2.45, 2.75) is 50.1 Å². The first-order chi connectivity index (χ1) is 8.65. The minimum atomic E-state index is 0.339. The first-order valence-electron chi connectivity index (χ1n) is 7.77. The second-order valence-electron chi connectivity index (χ2n) is 7.06. The molecule has 1 aliphatic heterocycles. The molecule has 2 N–H and O–H groups in total. The van der Waals surface area contributed by atoms with E-state index in [9.17, 15) is 0 Å². The van der Waals surface area contributed by atoms with Gasteiger partial charge in [-0.3, -0.25) is 4.90 Å². The molecule has 3 heteroatoms. The molecule has 4 atom stereocenters. The Morgan fingerprint density at radius 1 is 1.33 bits per heavy atom. The van der Waals surface area contributed by atoms with Crippen molar-refractivity contribution < 1.29 is 0 Å². The number of hydrogen-bond acceptors (Lipinski definition) is 3. The van der Waals surface area contributed by atoms with Gasteiger partial charge in [0.15, 0.2) is 0 Å². The van der Waals surface area contributed by atoms with Crippen LogP contribution in [0.3, 0.4) is 0 Å². The molecule has 1 heterocycles. The summed E-state index contributed by atoms with van der Waals surface area (Å²) in [6, 6.07) is 0.728. The van der Waals surface area contributed by atoms with Crippen molar-refractivity contribution in [1.82, 2.24) is 9.80 Å². The summed E-state index contributed by atoms with van der Waals surface area (Å²) in [5, 5.41) is 0. The highest BCUT2D eigenvalue weighted by Gasteiger charge is 2.53. The molecule has 4 unspecified atom stereocenters. The molecule has 3 fully saturated rings. The normalized spacial score (nSPS) is 45.0. The maximum Gasteiger partial charge on any atom is 0.0362 e. The van der Waals surface area contributed by atoms with Crippen molar-refractivity contribution in [2.24, 2.45) is 17.6 Å². The van der Waals surface area contributed by atoms with Gasteiger partial charge >= 0.3 is 0 Å². The first kappa shape index (κ1) is 12.9. The average molecular weight is 251 g/mol. The van der Waals surface area contributed by atoms with Crippen molar-refractivity contribution >= 4 is 0 Å². The fourth-order valence-corrected chi connectivity index (χ4v) is 5.06. The minimum absolute atomic E-state index is 0.339. The lowest BCUT2D eigenvalue weighted by Crippen LogP contribution is -2.61. The Bertz CT molecular complexity index is 306. The van der Waals surface area contributed by atoms with Gasteiger partial charge in [0.2, 0.25) is 0 Å². The third-order valence-electron chi connectivity index (χ3n) is 6.15. The quantitative estimate of drug-likeness (QED) is 0.825. The third kappa shape index (κ3) is 1.91. The molecular weight excluding hydrogens is 222 g/mol. The minimum Gasteiger partial charge on any atom is -0.329 e. The van der Waals surface area contributed by atoms with Crippen molar-refractivity contribution in [3.63, 3.8) is 0 Å². The number of piperidine rings is 1. The predicted molar refractivity (Wildman–Crippen MR) is 75.5 cm³/mol. The number of nitrogens with zero attached hydrogens (tertiary/aromatic N) is 2. The van der Waals surface area contributed by atoms with Gasteiger partial charge in [-0.25, -0.2) is 0 Å². The SMILES string of the molecule is CN1CCCC(N(C)C2(CN)CC3CCC2C3)C1. The summed E-state index contributed by atoms with van der Waals surface area (Å²) in [7, 11) is 4.62. The Kier molecular flexibility index (Phi) is 3.41.